The van der Waals surface area contributed by atoms with Gasteiger partial charge < -0.3 is 14.5 Å². The maximum atomic E-state index is 12.8. The number of hydrogen-bond donors (Lipinski definition) is 0. The molecule has 1 fully saturated rings. The van der Waals surface area contributed by atoms with Crippen molar-refractivity contribution < 1.29 is 9.53 Å². The molecule has 0 spiro atoms. The molecule has 0 atom stereocenters. The molecule has 0 bridgehead atoms. The smallest absolute Gasteiger partial charge is 0.260 e. The molecule has 178 valence electrons. The number of carbonyl (C=O) groups excluding carboxylic acids is 1. The lowest BCUT2D eigenvalue weighted by molar-refractivity contribution is -0.133. The van der Waals surface area contributed by atoms with E-state index in [0.717, 1.165) is 53.5 Å². The second kappa shape index (κ2) is 10.7. The molecule has 1 saturated heterocycles. The number of aromatic nitrogens is 2. The molecular formula is C28H34N4O2. The minimum Gasteiger partial charge on any atom is -0.483 e. The third kappa shape index (κ3) is 5.56. The summed E-state index contributed by atoms with van der Waals surface area (Å²) in [6, 6.07) is 18.7. The third-order valence-corrected chi connectivity index (χ3v) is 6.41. The maximum absolute atomic E-state index is 12.8. The van der Waals surface area contributed by atoms with Crippen LogP contribution in [-0.4, -0.2) is 53.8 Å². The number of ether oxygens (including phenoxy) is 1. The first kappa shape index (κ1) is 23.7. The molecule has 4 rings (SSSR count). The van der Waals surface area contributed by atoms with E-state index in [-0.39, 0.29) is 12.5 Å². The fourth-order valence-electron chi connectivity index (χ4n) is 4.22. The van der Waals surface area contributed by atoms with Crippen molar-refractivity contribution in [2.24, 2.45) is 0 Å². The number of piperazine rings is 1. The lowest BCUT2D eigenvalue weighted by Gasteiger charge is -2.35. The van der Waals surface area contributed by atoms with Crippen molar-refractivity contribution in [1.29, 1.82) is 0 Å². The van der Waals surface area contributed by atoms with Crippen LogP contribution in [0.25, 0.3) is 11.3 Å². The number of benzene rings is 2. The average molecular weight is 459 g/mol. The van der Waals surface area contributed by atoms with Gasteiger partial charge in [-0.3, -0.25) is 4.79 Å². The SMILES string of the molecule is CCc1ccc(-c2ccc(N3CCN(C(=O)COc4cc(C)ccc4C(C)C)CC3)nn2)cc1. The fraction of sp³-hybridized carbons (Fsp3) is 0.393. The Hall–Kier alpha value is -3.41. The summed E-state index contributed by atoms with van der Waals surface area (Å²) in [6.45, 7) is 11.3. The first-order valence-electron chi connectivity index (χ1n) is 12.1. The normalized spacial score (nSPS) is 13.9. The van der Waals surface area contributed by atoms with Crippen LogP contribution in [0.1, 0.15) is 43.4 Å². The number of rotatable bonds is 7. The second-order valence-electron chi connectivity index (χ2n) is 9.18. The topological polar surface area (TPSA) is 58.6 Å². The number of aryl methyl sites for hydroxylation is 2. The highest BCUT2D eigenvalue weighted by molar-refractivity contribution is 5.78. The molecule has 1 amide bonds. The summed E-state index contributed by atoms with van der Waals surface area (Å²) in [4.78, 5) is 16.8. The lowest BCUT2D eigenvalue weighted by Crippen LogP contribution is -2.50. The minimum absolute atomic E-state index is 0.0211. The van der Waals surface area contributed by atoms with Crippen molar-refractivity contribution in [2.45, 2.75) is 40.0 Å². The van der Waals surface area contributed by atoms with Crippen molar-refractivity contribution in [2.75, 3.05) is 37.7 Å². The van der Waals surface area contributed by atoms with Crippen molar-refractivity contribution in [3.05, 3.63) is 71.3 Å². The van der Waals surface area contributed by atoms with E-state index in [2.05, 4.69) is 72.3 Å². The first-order chi connectivity index (χ1) is 16.4. The Morgan fingerprint density at radius 3 is 2.32 bits per heavy atom. The molecule has 0 radical (unpaired) electrons. The Balaban J connectivity index is 1.31. The molecule has 0 saturated carbocycles. The number of anilines is 1. The molecule has 6 nitrogen and oxygen atoms in total. The predicted octanol–water partition coefficient (Wildman–Crippen LogP) is 4.87. The van der Waals surface area contributed by atoms with Gasteiger partial charge in [-0.05, 0) is 54.2 Å². The van der Waals surface area contributed by atoms with Crippen LogP contribution < -0.4 is 9.64 Å². The van der Waals surface area contributed by atoms with Crippen LogP contribution in [0.2, 0.25) is 0 Å². The van der Waals surface area contributed by atoms with Gasteiger partial charge in [0.15, 0.2) is 12.4 Å². The van der Waals surface area contributed by atoms with Crippen LogP contribution >= 0.6 is 0 Å². The molecule has 2 aromatic carbocycles. The van der Waals surface area contributed by atoms with E-state index in [1.165, 1.54) is 5.56 Å². The highest BCUT2D eigenvalue weighted by Gasteiger charge is 2.23. The summed E-state index contributed by atoms with van der Waals surface area (Å²) in [5.41, 5.74) is 5.51. The lowest BCUT2D eigenvalue weighted by atomic mass is 10.0. The monoisotopic (exact) mass is 458 g/mol. The van der Waals surface area contributed by atoms with Gasteiger partial charge in [-0.15, -0.1) is 10.2 Å². The van der Waals surface area contributed by atoms with Gasteiger partial charge in [0.1, 0.15) is 5.75 Å². The summed E-state index contributed by atoms with van der Waals surface area (Å²) >= 11 is 0. The zero-order chi connectivity index (χ0) is 24.1. The number of nitrogens with zero attached hydrogens (tertiary/aromatic N) is 4. The summed E-state index contributed by atoms with van der Waals surface area (Å²) in [6.07, 6.45) is 1.02. The summed E-state index contributed by atoms with van der Waals surface area (Å²) in [5.74, 6) is 2.02. The summed E-state index contributed by atoms with van der Waals surface area (Å²) in [5, 5.41) is 8.88. The van der Waals surface area contributed by atoms with E-state index < -0.39 is 0 Å². The van der Waals surface area contributed by atoms with E-state index in [9.17, 15) is 4.79 Å². The van der Waals surface area contributed by atoms with Gasteiger partial charge >= 0.3 is 0 Å². The Morgan fingerprint density at radius 2 is 1.71 bits per heavy atom. The van der Waals surface area contributed by atoms with Crippen LogP contribution in [0.5, 0.6) is 5.75 Å². The van der Waals surface area contributed by atoms with Crippen LogP contribution in [-0.2, 0) is 11.2 Å². The quantitative estimate of drug-likeness (QED) is 0.506. The standard InChI is InChI=1S/C28H34N4O2/c1-5-22-7-9-23(10-8-22)25-12-13-27(30-29-25)31-14-16-32(17-15-31)28(33)19-34-26-18-21(4)6-11-24(26)20(2)3/h6-13,18,20H,5,14-17,19H2,1-4H3. The number of carbonyl (C=O) groups is 1. The van der Waals surface area contributed by atoms with Crippen LogP contribution in [0.4, 0.5) is 5.82 Å². The van der Waals surface area contributed by atoms with Crippen LogP contribution in [0.3, 0.4) is 0 Å². The largest absolute Gasteiger partial charge is 0.483 e. The van der Waals surface area contributed by atoms with Gasteiger partial charge in [0.2, 0.25) is 0 Å². The Bertz CT molecular complexity index is 1100. The van der Waals surface area contributed by atoms with E-state index in [1.807, 2.05) is 30.0 Å². The molecule has 0 N–H and O–H groups in total. The maximum Gasteiger partial charge on any atom is 0.260 e. The van der Waals surface area contributed by atoms with E-state index >= 15 is 0 Å². The van der Waals surface area contributed by atoms with Crippen molar-refractivity contribution in [3.8, 4) is 17.0 Å². The molecule has 0 aliphatic carbocycles. The zero-order valence-electron chi connectivity index (χ0n) is 20.6. The Labute approximate surface area is 202 Å². The van der Waals surface area contributed by atoms with Gasteiger partial charge in [-0.2, -0.15) is 0 Å². The highest BCUT2D eigenvalue weighted by atomic mass is 16.5. The van der Waals surface area contributed by atoms with E-state index in [4.69, 9.17) is 4.74 Å². The second-order valence-corrected chi connectivity index (χ2v) is 9.18. The van der Waals surface area contributed by atoms with Crippen LogP contribution in [0, 0.1) is 6.92 Å². The molecule has 3 aromatic rings. The van der Waals surface area contributed by atoms with Gasteiger partial charge in [0.25, 0.3) is 5.91 Å². The molecule has 6 heteroatoms. The molecule has 34 heavy (non-hydrogen) atoms. The summed E-state index contributed by atoms with van der Waals surface area (Å²) in [7, 11) is 0. The zero-order valence-corrected chi connectivity index (χ0v) is 20.6. The Morgan fingerprint density at radius 1 is 0.971 bits per heavy atom. The molecular weight excluding hydrogens is 424 g/mol. The minimum atomic E-state index is 0.0211. The number of amides is 1. The molecule has 0 unspecified atom stereocenters. The first-order valence-corrected chi connectivity index (χ1v) is 12.1. The summed E-state index contributed by atoms with van der Waals surface area (Å²) < 4.78 is 5.95. The average Bonchev–Trinajstić information content (AvgIpc) is 2.87. The Kier molecular flexibility index (Phi) is 7.46. The van der Waals surface area contributed by atoms with Gasteiger partial charge in [-0.1, -0.05) is 57.2 Å². The molecule has 1 aliphatic rings. The predicted molar refractivity (Wildman–Crippen MR) is 136 cm³/mol. The van der Waals surface area contributed by atoms with E-state index in [0.29, 0.717) is 19.0 Å². The highest BCUT2D eigenvalue weighted by Crippen LogP contribution is 2.27. The van der Waals surface area contributed by atoms with Crippen molar-refractivity contribution in [3.63, 3.8) is 0 Å². The van der Waals surface area contributed by atoms with Gasteiger partial charge in [-0.25, -0.2) is 0 Å². The molecule has 2 heterocycles. The van der Waals surface area contributed by atoms with Gasteiger partial charge in [0.05, 0.1) is 5.69 Å². The van der Waals surface area contributed by atoms with Crippen molar-refractivity contribution in [1.82, 2.24) is 15.1 Å². The third-order valence-electron chi connectivity index (χ3n) is 6.41. The number of hydrogen-bond acceptors (Lipinski definition) is 5. The fourth-order valence-corrected chi connectivity index (χ4v) is 4.22. The molecule has 1 aromatic heterocycles. The van der Waals surface area contributed by atoms with Gasteiger partial charge in [0, 0.05) is 31.7 Å². The molecule has 1 aliphatic heterocycles. The van der Waals surface area contributed by atoms with Crippen LogP contribution in [0.15, 0.2) is 54.6 Å². The van der Waals surface area contributed by atoms with Crippen molar-refractivity contribution >= 4 is 11.7 Å². The van der Waals surface area contributed by atoms with E-state index in [1.54, 1.807) is 0 Å².